The molecular formula is C30H23N3O3. The first-order valence-electron chi connectivity index (χ1n) is 12.1. The number of likely N-dealkylation sites (N-methyl/N-ethyl adjacent to an activating group) is 1. The predicted octanol–water partition coefficient (Wildman–Crippen LogP) is 5.44. The zero-order valence-electron chi connectivity index (χ0n) is 19.6. The number of nitrogens with zero attached hydrogens (tertiary/aromatic N) is 2. The monoisotopic (exact) mass is 473 g/mol. The highest BCUT2D eigenvalue weighted by Crippen LogP contribution is 2.70. The molecule has 1 amide bonds. The molecule has 1 fully saturated rings. The largest absolute Gasteiger partial charge is 0.324 e. The van der Waals surface area contributed by atoms with Crippen LogP contribution in [0, 0.1) is 10.1 Å². The Bertz CT molecular complexity index is 1530. The molecule has 2 aliphatic heterocycles. The Hall–Kier alpha value is -4.29. The van der Waals surface area contributed by atoms with E-state index in [1.54, 1.807) is 12.1 Å². The summed E-state index contributed by atoms with van der Waals surface area (Å²) in [6.45, 7) is 0.613. The summed E-state index contributed by atoms with van der Waals surface area (Å²) in [5.74, 6) is -0.160. The lowest BCUT2D eigenvalue weighted by molar-refractivity contribution is -0.384. The Morgan fingerprint density at radius 1 is 0.833 bits per heavy atom. The molecule has 0 radical (unpaired) electrons. The van der Waals surface area contributed by atoms with Crippen molar-refractivity contribution in [1.82, 2.24) is 4.90 Å². The van der Waals surface area contributed by atoms with E-state index in [9.17, 15) is 14.9 Å². The van der Waals surface area contributed by atoms with Crippen LogP contribution in [0.1, 0.15) is 28.2 Å². The first-order valence-corrected chi connectivity index (χ1v) is 12.1. The van der Waals surface area contributed by atoms with Crippen molar-refractivity contribution in [3.63, 3.8) is 0 Å². The summed E-state index contributed by atoms with van der Waals surface area (Å²) < 4.78 is 0. The smallest absolute Gasteiger partial charge is 0.269 e. The van der Waals surface area contributed by atoms with E-state index < -0.39 is 11.0 Å². The Kier molecular flexibility index (Phi) is 4.16. The number of anilines is 1. The summed E-state index contributed by atoms with van der Waals surface area (Å²) in [6, 6.07) is 31.6. The van der Waals surface area contributed by atoms with Crippen molar-refractivity contribution in [2.45, 2.75) is 16.9 Å². The highest BCUT2D eigenvalue weighted by molar-refractivity contribution is 6.09. The average molecular weight is 474 g/mol. The highest BCUT2D eigenvalue weighted by atomic mass is 16.6. The lowest BCUT2D eigenvalue weighted by Crippen LogP contribution is -2.57. The minimum Gasteiger partial charge on any atom is -0.324 e. The minimum absolute atomic E-state index is 0.0397. The second-order valence-electron chi connectivity index (χ2n) is 9.89. The molecule has 2 heterocycles. The molecule has 176 valence electrons. The molecule has 2 spiro atoms. The van der Waals surface area contributed by atoms with Gasteiger partial charge in [-0.3, -0.25) is 19.8 Å². The maximum Gasteiger partial charge on any atom is 0.269 e. The standard InChI is InChI=1S/C30H23N3O3/c1-32-18-26(19-14-16-20(17-15-19)33(35)36)29(30(32)25-12-6-7-13-27(25)31-28(30)34)23-10-4-2-8-21(23)22-9-3-5-11-24(22)29/h2-17,26H,18H2,1H3,(H,31,34)/t26-,30+/m1/s1. The van der Waals surface area contributed by atoms with Crippen LogP contribution >= 0.6 is 0 Å². The second kappa shape index (κ2) is 7.12. The number of nitro benzene ring substituents is 1. The summed E-state index contributed by atoms with van der Waals surface area (Å²) >= 11 is 0. The number of benzene rings is 4. The van der Waals surface area contributed by atoms with Gasteiger partial charge in [0.2, 0.25) is 0 Å². The number of hydrogen-bond acceptors (Lipinski definition) is 4. The number of nitrogens with one attached hydrogen (secondary N) is 1. The average Bonchev–Trinajstić information content (AvgIpc) is 3.48. The normalized spacial score (nSPS) is 22.9. The third-order valence-corrected chi connectivity index (χ3v) is 8.52. The molecule has 4 aromatic carbocycles. The topological polar surface area (TPSA) is 75.5 Å². The SMILES string of the molecule is CN1C[C@H](c2ccc([N+](=O)[O-])cc2)C2(c3ccccc3-c3ccccc32)[C@]12C(=O)Nc1ccccc12. The van der Waals surface area contributed by atoms with Gasteiger partial charge in [-0.1, -0.05) is 78.9 Å². The molecule has 6 nitrogen and oxygen atoms in total. The van der Waals surface area contributed by atoms with Crippen LogP contribution in [0.3, 0.4) is 0 Å². The van der Waals surface area contributed by atoms with Crippen LogP contribution in [0.4, 0.5) is 11.4 Å². The molecule has 2 atom stereocenters. The number of carbonyl (C=O) groups excluding carboxylic acids is 1. The van der Waals surface area contributed by atoms with Crippen molar-refractivity contribution in [2.75, 3.05) is 18.9 Å². The number of non-ortho nitro benzene ring substituents is 1. The van der Waals surface area contributed by atoms with Gasteiger partial charge in [0.25, 0.3) is 11.6 Å². The number of para-hydroxylation sites is 1. The van der Waals surface area contributed by atoms with Crippen LogP contribution in [0.5, 0.6) is 0 Å². The van der Waals surface area contributed by atoms with Gasteiger partial charge in [0, 0.05) is 35.8 Å². The van der Waals surface area contributed by atoms with Crippen LogP contribution in [0.25, 0.3) is 11.1 Å². The van der Waals surface area contributed by atoms with E-state index >= 15 is 0 Å². The van der Waals surface area contributed by atoms with Gasteiger partial charge in [0.05, 0.1) is 10.3 Å². The number of nitro groups is 1. The molecule has 0 bridgehead atoms. The number of carbonyl (C=O) groups is 1. The highest BCUT2D eigenvalue weighted by Gasteiger charge is 2.73. The molecule has 4 aromatic rings. The summed E-state index contributed by atoms with van der Waals surface area (Å²) in [5, 5.41) is 14.6. The lowest BCUT2D eigenvalue weighted by Gasteiger charge is -2.46. The van der Waals surface area contributed by atoms with Crippen molar-refractivity contribution in [3.8, 4) is 11.1 Å². The van der Waals surface area contributed by atoms with Gasteiger partial charge in [-0.15, -0.1) is 0 Å². The van der Waals surface area contributed by atoms with Gasteiger partial charge in [0.1, 0.15) is 5.54 Å². The molecule has 0 saturated carbocycles. The van der Waals surface area contributed by atoms with Gasteiger partial charge in [0.15, 0.2) is 0 Å². The van der Waals surface area contributed by atoms with Gasteiger partial charge in [-0.25, -0.2) is 0 Å². The Morgan fingerprint density at radius 2 is 1.39 bits per heavy atom. The van der Waals surface area contributed by atoms with E-state index in [1.165, 1.54) is 0 Å². The van der Waals surface area contributed by atoms with Crippen molar-refractivity contribution in [1.29, 1.82) is 0 Å². The van der Waals surface area contributed by atoms with Gasteiger partial charge >= 0.3 is 0 Å². The molecular weight excluding hydrogens is 450 g/mol. The Balaban J connectivity index is 1.62. The van der Waals surface area contributed by atoms with Crippen LogP contribution in [0.15, 0.2) is 97.1 Å². The number of likely N-dealkylation sites (tertiary alicyclic amines) is 1. The lowest BCUT2D eigenvalue weighted by atomic mass is 9.56. The van der Waals surface area contributed by atoms with Gasteiger partial charge in [-0.05, 0) is 40.9 Å². The number of fused-ring (bicyclic) bond motifs is 8. The van der Waals surface area contributed by atoms with E-state index in [4.69, 9.17) is 0 Å². The Morgan fingerprint density at radius 3 is 2.00 bits per heavy atom. The van der Waals surface area contributed by atoms with E-state index in [2.05, 4.69) is 40.5 Å². The number of rotatable bonds is 2. The van der Waals surface area contributed by atoms with Crippen LogP contribution < -0.4 is 5.32 Å². The van der Waals surface area contributed by atoms with Crippen molar-refractivity contribution < 1.29 is 9.72 Å². The summed E-state index contributed by atoms with van der Waals surface area (Å²) in [5.41, 5.74) is 5.61. The fourth-order valence-corrected chi connectivity index (χ4v) is 7.33. The fourth-order valence-electron chi connectivity index (χ4n) is 7.33. The fraction of sp³-hybridized carbons (Fsp3) is 0.167. The third kappa shape index (κ3) is 2.28. The van der Waals surface area contributed by atoms with E-state index in [1.807, 2.05) is 61.6 Å². The van der Waals surface area contributed by atoms with E-state index in [0.717, 1.165) is 39.1 Å². The van der Waals surface area contributed by atoms with Crippen LogP contribution in [0.2, 0.25) is 0 Å². The number of amides is 1. The molecule has 1 saturated heterocycles. The third-order valence-electron chi connectivity index (χ3n) is 8.52. The predicted molar refractivity (Wildman–Crippen MR) is 138 cm³/mol. The molecule has 6 heteroatoms. The zero-order valence-corrected chi connectivity index (χ0v) is 19.6. The van der Waals surface area contributed by atoms with Crippen molar-refractivity contribution >= 4 is 17.3 Å². The molecule has 0 unspecified atom stereocenters. The summed E-state index contributed by atoms with van der Waals surface area (Å²) in [4.78, 5) is 27.5. The summed E-state index contributed by atoms with van der Waals surface area (Å²) in [6.07, 6.45) is 0. The van der Waals surface area contributed by atoms with Crippen LogP contribution in [-0.4, -0.2) is 29.3 Å². The number of hydrogen-bond donors (Lipinski definition) is 1. The van der Waals surface area contributed by atoms with Crippen molar-refractivity contribution in [3.05, 3.63) is 129 Å². The van der Waals surface area contributed by atoms with Gasteiger partial charge in [-0.2, -0.15) is 0 Å². The Labute approximate surface area is 208 Å². The minimum atomic E-state index is -0.987. The molecule has 3 aliphatic rings. The molecule has 36 heavy (non-hydrogen) atoms. The maximum atomic E-state index is 14.3. The molecule has 0 aromatic heterocycles. The first kappa shape index (κ1) is 21.0. The van der Waals surface area contributed by atoms with Gasteiger partial charge < -0.3 is 5.32 Å². The molecule has 7 rings (SSSR count). The summed E-state index contributed by atoms with van der Waals surface area (Å²) in [7, 11) is 2.03. The quantitative estimate of drug-likeness (QED) is 0.311. The van der Waals surface area contributed by atoms with E-state index in [-0.39, 0.29) is 22.4 Å². The second-order valence-corrected chi connectivity index (χ2v) is 9.89. The first-order chi connectivity index (χ1) is 17.5. The van der Waals surface area contributed by atoms with E-state index in [0.29, 0.717) is 6.54 Å². The molecule has 1 aliphatic carbocycles. The maximum absolute atomic E-state index is 14.3. The van der Waals surface area contributed by atoms with Crippen LogP contribution in [-0.2, 0) is 15.7 Å². The zero-order chi connectivity index (χ0) is 24.7. The molecule has 1 N–H and O–H groups in total. The van der Waals surface area contributed by atoms with Crippen molar-refractivity contribution in [2.24, 2.45) is 0 Å².